The number of hydrogen-bond donors (Lipinski definition) is 0. The Kier molecular flexibility index (Phi) is 5.28. The molecule has 2 aromatic heterocycles. The van der Waals surface area contributed by atoms with E-state index < -0.39 is 5.82 Å². The van der Waals surface area contributed by atoms with Crippen LogP contribution in [-0.2, 0) is 0 Å². The summed E-state index contributed by atoms with van der Waals surface area (Å²) in [4.78, 5) is 32.6. The summed E-state index contributed by atoms with van der Waals surface area (Å²) in [5, 5.41) is 0. The number of rotatable bonds is 5. The molecule has 0 aliphatic carbocycles. The maximum Gasteiger partial charge on any atom is 0.316 e. The first-order valence-corrected chi connectivity index (χ1v) is 10.8. The number of carbonyl (C=O) groups excluding carboxylic acids is 1. The van der Waals surface area contributed by atoms with Gasteiger partial charge in [-0.15, -0.1) is 0 Å². The van der Waals surface area contributed by atoms with Gasteiger partial charge < -0.3 is 9.64 Å². The van der Waals surface area contributed by atoms with Crippen LogP contribution in [-0.4, -0.2) is 49.4 Å². The van der Waals surface area contributed by atoms with Crippen molar-refractivity contribution >= 4 is 5.91 Å². The number of benzene rings is 1. The van der Waals surface area contributed by atoms with Crippen molar-refractivity contribution in [2.24, 2.45) is 5.92 Å². The number of aryl methyl sites for hydroxylation is 2. The topological polar surface area (TPSA) is 81.1 Å². The van der Waals surface area contributed by atoms with Crippen molar-refractivity contribution in [3.63, 3.8) is 0 Å². The van der Waals surface area contributed by atoms with Crippen LogP contribution in [0.15, 0.2) is 42.7 Å². The molecule has 3 unspecified atom stereocenters. The third-order valence-corrected chi connectivity index (χ3v) is 6.32. The van der Waals surface area contributed by atoms with Gasteiger partial charge in [-0.05, 0) is 51.3 Å². The number of amides is 1. The lowest BCUT2D eigenvalue weighted by Gasteiger charge is -2.25. The van der Waals surface area contributed by atoms with Gasteiger partial charge in [-0.3, -0.25) is 4.79 Å². The Labute approximate surface area is 185 Å². The van der Waals surface area contributed by atoms with Crippen LogP contribution in [0.5, 0.6) is 6.01 Å². The Hall–Kier alpha value is -3.42. The summed E-state index contributed by atoms with van der Waals surface area (Å²) in [5.41, 5.74) is 2.16. The van der Waals surface area contributed by atoms with Crippen molar-refractivity contribution in [1.82, 2.24) is 24.8 Å². The molecule has 2 saturated heterocycles. The number of nitrogens with zero attached hydrogens (tertiary/aromatic N) is 5. The average Bonchev–Trinajstić information content (AvgIpc) is 3.35. The molecule has 3 aromatic rings. The van der Waals surface area contributed by atoms with Crippen LogP contribution in [0, 0.1) is 25.6 Å². The van der Waals surface area contributed by atoms with Crippen LogP contribution >= 0.6 is 0 Å². The van der Waals surface area contributed by atoms with Crippen LogP contribution in [0.4, 0.5) is 4.39 Å². The molecule has 4 heterocycles. The highest BCUT2D eigenvalue weighted by Crippen LogP contribution is 2.43. The molecule has 0 radical (unpaired) electrons. The van der Waals surface area contributed by atoms with Crippen molar-refractivity contribution in [2.45, 2.75) is 45.2 Å². The molecule has 0 saturated carbocycles. The number of halogens is 1. The van der Waals surface area contributed by atoms with Gasteiger partial charge in [-0.1, -0.05) is 12.1 Å². The van der Waals surface area contributed by atoms with Crippen LogP contribution in [0.3, 0.4) is 0 Å². The second-order valence-corrected chi connectivity index (χ2v) is 8.49. The lowest BCUT2D eigenvalue weighted by Crippen LogP contribution is -2.38. The molecule has 164 valence electrons. The highest BCUT2D eigenvalue weighted by atomic mass is 19.1. The van der Waals surface area contributed by atoms with Gasteiger partial charge in [-0.25, -0.2) is 24.3 Å². The molecule has 0 spiro atoms. The van der Waals surface area contributed by atoms with E-state index >= 15 is 0 Å². The zero-order valence-corrected chi connectivity index (χ0v) is 18.0. The number of carbonyl (C=O) groups is 1. The van der Waals surface area contributed by atoms with Crippen LogP contribution in [0.2, 0.25) is 0 Å². The molecule has 2 bridgehead atoms. The van der Waals surface area contributed by atoms with Gasteiger partial charge in [0, 0.05) is 47.3 Å². The summed E-state index contributed by atoms with van der Waals surface area (Å²) < 4.78 is 20.8. The van der Waals surface area contributed by atoms with Gasteiger partial charge in [-0.2, -0.15) is 0 Å². The maximum atomic E-state index is 14.9. The summed E-state index contributed by atoms with van der Waals surface area (Å²) in [6, 6.07) is 8.62. The molecular formula is C24H24FN5O2. The van der Waals surface area contributed by atoms with Crippen molar-refractivity contribution in [3.8, 4) is 17.4 Å². The molecule has 1 aromatic carbocycles. The summed E-state index contributed by atoms with van der Waals surface area (Å²) in [7, 11) is 0. The molecule has 2 aliphatic rings. The van der Waals surface area contributed by atoms with E-state index in [1.54, 1.807) is 30.6 Å². The fraction of sp³-hybridized carbons (Fsp3) is 0.375. The molecule has 1 amide bonds. The summed E-state index contributed by atoms with van der Waals surface area (Å²) in [6.45, 7) is 4.24. The first-order valence-electron chi connectivity index (χ1n) is 10.8. The van der Waals surface area contributed by atoms with Gasteiger partial charge in [0.1, 0.15) is 5.82 Å². The minimum absolute atomic E-state index is 0.00236. The Morgan fingerprint density at radius 1 is 1.12 bits per heavy atom. The minimum atomic E-state index is -0.553. The van der Waals surface area contributed by atoms with E-state index in [1.807, 2.05) is 24.8 Å². The van der Waals surface area contributed by atoms with Crippen molar-refractivity contribution in [1.29, 1.82) is 0 Å². The standard InChI is InChI=1S/C24H24FN5O2/c1-14-11-15(2)29-24(28-14)32-13-16-12-17-7-8-20(16)30(17)23(31)21-18(5-3-6-19(21)25)22-26-9-4-10-27-22/h3-6,9-11,16-17,20H,7-8,12-13H2,1-2H3. The predicted octanol–water partition coefficient (Wildman–Crippen LogP) is 3.76. The summed E-state index contributed by atoms with van der Waals surface area (Å²) >= 11 is 0. The van der Waals surface area contributed by atoms with Gasteiger partial charge in [0.05, 0.1) is 12.2 Å². The quantitative estimate of drug-likeness (QED) is 0.609. The normalized spacial score (nSPS) is 21.7. The van der Waals surface area contributed by atoms with Gasteiger partial charge >= 0.3 is 6.01 Å². The third-order valence-electron chi connectivity index (χ3n) is 6.32. The van der Waals surface area contributed by atoms with E-state index in [4.69, 9.17) is 4.74 Å². The predicted molar refractivity (Wildman–Crippen MR) is 116 cm³/mol. The maximum absolute atomic E-state index is 14.9. The third kappa shape index (κ3) is 3.70. The molecule has 0 N–H and O–H groups in total. The minimum Gasteiger partial charge on any atom is -0.463 e. The monoisotopic (exact) mass is 433 g/mol. The van der Waals surface area contributed by atoms with Crippen molar-refractivity contribution in [2.75, 3.05) is 6.61 Å². The lowest BCUT2D eigenvalue weighted by molar-refractivity contribution is 0.0705. The molecule has 2 aliphatic heterocycles. The molecule has 2 fully saturated rings. The Morgan fingerprint density at radius 3 is 2.62 bits per heavy atom. The average molecular weight is 433 g/mol. The number of aromatic nitrogens is 4. The van der Waals surface area contributed by atoms with E-state index in [2.05, 4.69) is 19.9 Å². The largest absolute Gasteiger partial charge is 0.463 e. The van der Waals surface area contributed by atoms with Crippen LogP contribution < -0.4 is 4.74 Å². The van der Waals surface area contributed by atoms with Crippen molar-refractivity contribution in [3.05, 3.63) is 65.5 Å². The first-order chi connectivity index (χ1) is 15.5. The SMILES string of the molecule is Cc1cc(C)nc(OCC2CC3CCC2N3C(=O)c2c(F)cccc2-c2ncccn2)n1. The van der Waals surface area contributed by atoms with Gasteiger partial charge in [0.15, 0.2) is 5.82 Å². The first kappa shape index (κ1) is 20.5. The fourth-order valence-electron chi connectivity index (χ4n) is 5.04. The zero-order valence-electron chi connectivity index (χ0n) is 18.0. The highest BCUT2D eigenvalue weighted by Gasteiger charge is 2.49. The van der Waals surface area contributed by atoms with Gasteiger partial charge in [0.2, 0.25) is 0 Å². The summed E-state index contributed by atoms with van der Waals surface area (Å²) in [6.07, 6.45) is 5.79. The van der Waals surface area contributed by atoms with E-state index in [-0.39, 0.29) is 29.5 Å². The summed E-state index contributed by atoms with van der Waals surface area (Å²) in [5.74, 6) is -0.357. The Morgan fingerprint density at radius 2 is 1.88 bits per heavy atom. The van der Waals surface area contributed by atoms with Gasteiger partial charge in [0.25, 0.3) is 5.91 Å². The second kappa shape index (κ2) is 8.26. The lowest BCUT2D eigenvalue weighted by atomic mass is 9.90. The zero-order chi connectivity index (χ0) is 22.2. The van der Waals surface area contributed by atoms with E-state index in [1.165, 1.54) is 6.07 Å². The molecule has 3 atom stereocenters. The molecular weight excluding hydrogens is 409 g/mol. The van der Waals surface area contributed by atoms with Crippen LogP contribution in [0.1, 0.15) is 41.0 Å². The number of fused-ring (bicyclic) bond motifs is 2. The highest BCUT2D eigenvalue weighted by molar-refractivity contribution is 6.01. The fourth-order valence-corrected chi connectivity index (χ4v) is 5.04. The van der Waals surface area contributed by atoms with E-state index in [0.717, 1.165) is 30.7 Å². The smallest absolute Gasteiger partial charge is 0.316 e. The Bertz CT molecular complexity index is 1140. The molecule has 5 rings (SSSR count). The van der Waals surface area contributed by atoms with E-state index in [0.29, 0.717) is 24.0 Å². The van der Waals surface area contributed by atoms with Crippen molar-refractivity contribution < 1.29 is 13.9 Å². The number of hydrogen-bond acceptors (Lipinski definition) is 6. The molecule has 32 heavy (non-hydrogen) atoms. The van der Waals surface area contributed by atoms with E-state index in [9.17, 15) is 9.18 Å². The van der Waals surface area contributed by atoms with Crippen LogP contribution in [0.25, 0.3) is 11.4 Å². The second-order valence-electron chi connectivity index (χ2n) is 8.49. The number of ether oxygens (including phenoxy) is 1. The molecule has 8 heteroatoms. The molecule has 7 nitrogen and oxygen atoms in total. The Balaban J connectivity index is 1.38.